The van der Waals surface area contributed by atoms with Crippen molar-refractivity contribution in [3.8, 4) is 0 Å². The van der Waals surface area contributed by atoms with Crippen LogP contribution in [0.15, 0.2) is 12.3 Å². The molecule has 0 unspecified atom stereocenters. The lowest BCUT2D eigenvalue weighted by Gasteiger charge is -2.02. The summed E-state index contributed by atoms with van der Waals surface area (Å²) in [6.45, 7) is 2.23. The van der Waals surface area contributed by atoms with E-state index in [0.717, 1.165) is 11.3 Å². The van der Waals surface area contributed by atoms with Crippen molar-refractivity contribution in [1.29, 1.82) is 0 Å². The number of nitrogens with zero attached hydrogens (tertiary/aromatic N) is 1. The Bertz CT molecular complexity index is 252. The fraction of sp³-hybridized carbons (Fsp3) is 0.286. The van der Waals surface area contributed by atoms with Crippen LogP contribution < -0.4 is 5.90 Å². The molecule has 0 bridgehead atoms. The van der Waals surface area contributed by atoms with Gasteiger partial charge in [0.25, 0.3) is 0 Å². The highest BCUT2D eigenvalue weighted by atomic mass is 35.5. The number of nitrogens with two attached hydrogens (primary N) is 1. The molecule has 4 heteroatoms. The van der Waals surface area contributed by atoms with E-state index in [1.165, 1.54) is 0 Å². The number of rotatable bonds is 2. The van der Waals surface area contributed by atoms with Crippen molar-refractivity contribution in [2.45, 2.75) is 13.5 Å². The molecule has 60 valence electrons. The lowest BCUT2D eigenvalue weighted by molar-refractivity contribution is 0.123. The van der Waals surface area contributed by atoms with Gasteiger partial charge in [0.05, 0.1) is 11.6 Å². The van der Waals surface area contributed by atoms with Crippen LogP contribution in [-0.2, 0) is 11.4 Å². The Kier molecular flexibility index (Phi) is 2.82. The van der Waals surface area contributed by atoms with E-state index in [2.05, 4.69) is 9.82 Å². The minimum absolute atomic E-state index is 0.347. The Morgan fingerprint density at radius 3 is 3.09 bits per heavy atom. The zero-order valence-corrected chi connectivity index (χ0v) is 6.93. The number of aryl methyl sites for hydroxylation is 1. The SMILES string of the molecule is Cc1ncc(Cl)cc1CON. The predicted octanol–water partition coefficient (Wildman–Crippen LogP) is 1.43. The standard InChI is InChI=1S/C7H9ClN2O/c1-5-6(4-11-9)2-7(8)3-10-5/h2-3H,4,9H2,1H3. The molecule has 0 aliphatic rings. The fourth-order valence-corrected chi connectivity index (χ4v) is 0.966. The maximum absolute atomic E-state index is 5.69. The number of halogens is 1. The largest absolute Gasteiger partial charge is 0.300 e. The van der Waals surface area contributed by atoms with E-state index in [0.29, 0.717) is 11.6 Å². The van der Waals surface area contributed by atoms with Crippen LogP contribution in [-0.4, -0.2) is 4.98 Å². The zero-order valence-electron chi connectivity index (χ0n) is 6.17. The smallest absolute Gasteiger partial charge is 0.0948 e. The van der Waals surface area contributed by atoms with E-state index in [4.69, 9.17) is 17.5 Å². The molecule has 0 aromatic carbocycles. The summed E-state index contributed by atoms with van der Waals surface area (Å²) in [6, 6.07) is 1.79. The number of hydrogen-bond acceptors (Lipinski definition) is 3. The first-order chi connectivity index (χ1) is 5.24. The molecule has 0 atom stereocenters. The van der Waals surface area contributed by atoms with Gasteiger partial charge in [-0.15, -0.1) is 0 Å². The van der Waals surface area contributed by atoms with E-state index in [9.17, 15) is 0 Å². The summed E-state index contributed by atoms with van der Waals surface area (Å²) in [5, 5.41) is 0.600. The first-order valence-corrected chi connectivity index (χ1v) is 3.54. The molecule has 1 aromatic rings. The molecule has 1 rings (SSSR count). The Balaban J connectivity index is 2.93. The molecule has 1 aromatic heterocycles. The van der Waals surface area contributed by atoms with E-state index >= 15 is 0 Å². The van der Waals surface area contributed by atoms with Crippen molar-refractivity contribution in [3.63, 3.8) is 0 Å². The Labute approximate surface area is 70.1 Å². The van der Waals surface area contributed by atoms with Crippen molar-refractivity contribution in [1.82, 2.24) is 4.98 Å². The van der Waals surface area contributed by atoms with Crippen LogP contribution in [0.25, 0.3) is 0 Å². The summed E-state index contributed by atoms with van der Waals surface area (Å²) >= 11 is 5.69. The molecule has 3 nitrogen and oxygen atoms in total. The number of hydrogen-bond donors (Lipinski definition) is 1. The summed E-state index contributed by atoms with van der Waals surface area (Å²) in [5.41, 5.74) is 1.81. The van der Waals surface area contributed by atoms with E-state index in [1.807, 2.05) is 6.92 Å². The van der Waals surface area contributed by atoms with Gasteiger partial charge in [0, 0.05) is 17.5 Å². The molecule has 0 saturated carbocycles. The topological polar surface area (TPSA) is 48.1 Å². The van der Waals surface area contributed by atoms with Crippen LogP contribution in [0, 0.1) is 6.92 Å². The third-order valence-corrected chi connectivity index (χ3v) is 1.60. The first-order valence-electron chi connectivity index (χ1n) is 3.16. The number of pyridine rings is 1. The maximum atomic E-state index is 5.69. The predicted molar refractivity (Wildman–Crippen MR) is 43.0 cm³/mol. The van der Waals surface area contributed by atoms with E-state index < -0.39 is 0 Å². The third-order valence-electron chi connectivity index (χ3n) is 1.40. The van der Waals surface area contributed by atoms with Crippen LogP contribution in [0.4, 0.5) is 0 Å². The molecule has 0 spiro atoms. The monoisotopic (exact) mass is 172 g/mol. The molecule has 0 aliphatic heterocycles. The van der Waals surface area contributed by atoms with Crippen molar-refractivity contribution >= 4 is 11.6 Å². The summed E-state index contributed by atoms with van der Waals surface area (Å²) in [4.78, 5) is 8.49. The molecular formula is C7H9ClN2O. The van der Waals surface area contributed by atoms with Gasteiger partial charge >= 0.3 is 0 Å². The van der Waals surface area contributed by atoms with Gasteiger partial charge in [0.1, 0.15) is 0 Å². The molecular weight excluding hydrogens is 164 g/mol. The molecule has 2 N–H and O–H groups in total. The molecule has 0 saturated heterocycles. The van der Waals surface area contributed by atoms with Gasteiger partial charge in [-0.25, -0.2) is 5.90 Å². The molecule has 0 radical (unpaired) electrons. The van der Waals surface area contributed by atoms with Gasteiger partial charge in [-0.3, -0.25) is 9.82 Å². The fourth-order valence-electron chi connectivity index (χ4n) is 0.785. The molecule has 0 amide bonds. The highest BCUT2D eigenvalue weighted by Gasteiger charge is 1.99. The van der Waals surface area contributed by atoms with Gasteiger partial charge in [-0.05, 0) is 13.0 Å². The minimum Gasteiger partial charge on any atom is -0.300 e. The van der Waals surface area contributed by atoms with Crippen molar-refractivity contribution in [2.24, 2.45) is 5.90 Å². The second kappa shape index (κ2) is 3.67. The van der Waals surface area contributed by atoms with Crippen LogP contribution in [0.1, 0.15) is 11.3 Å². The average molecular weight is 173 g/mol. The Hall–Kier alpha value is -0.640. The van der Waals surface area contributed by atoms with Crippen LogP contribution >= 0.6 is 11.6 Å². The van der Waals surface area contributed by atoms with Gasteiger partial charge in [0.15, 0.2) is 0 Å². The lowest BCUT2D eigenvalue weighted by Crippen LogP contribution is -2.01. The highest BCUT2D eigenvalue weighted by Crippen LogP contribution is 2.12. The second-order valence-corrected chi connectivity index (χ2v) is 2.65. The van der Waals surface area contributed by atoms with E-state index in [-0.39, 0.29) is 0 Å². The Morgan fingerprint density at radius 1 is 1.73 bits per heavy atom. The van der Waals surface area contributed by atoms with Crippen molar-refractivity contribution in [3.05, 3.63) is 28.5 Å². The molecule has 0 aliphatic carbocycles. The lowest BCUT2D eigenvalue weighted by atomic mass is 10.2. The molecule has 1 heterocycles. The normalized spacial score (nSPS) is 10.1. The quantitative estimate of drug-likeness (QED) is 0.687. The van der Waals surface area contributed by atoms with Gasteiger partial charge in [-0.1, -0.05) is 11.6 Å². The number of aromatic nitrogens is 1. The van der Waals surface area contributed by atoms with Crippen LogP contribution in [0.3, 0.4) is 0 Å². The van der Waals surface area contributed by atoms with Crippen LogP contribution in [0.5, 0.6) is 0 Å². The zero-order chi connectivity index (χ0) is 8.27. The summed E-state index contributed by atoms with van der Waals surface area (Å²) in [7, 11) is 0. The summed E-state index contributed by atoms with van der Waals surface area (Å²) < 4.78 is 0. The molecule has 11 heavy (non-hydrogen) atoms. The second-order valence-electron chi connectivity index (χ2n) is 2.21. The molecule has 0 fully saturated rings. The summed E-state index contributed by atoms with van der Waals surface area (Å²) in [5.74, 6) is 4.91. The van der Waals surface area contributed by atoms with Crippen LogP contribution in [0.2, 0.25) is 5.02 Å². The minimum atomic E-state index is 0.347. The van der Waals surface area contributed by atoms with Crippen molar-refractivity contribution in [2.75, 3.05) is 0 Å². The average Bonchev–Trinajstić information content (AvgIpc) is 1.98. The van der Waals surface area contributed by atoms with Gasteiger partial charge < -0.3 is 0 Å². The first kappa shape index (κ1) is 8.46. The van der Waals surface area contributed by atoms with Gasteiger partial charge in [0.2, 0.25) is 0 Å². The Morgan fingerprint density at radius 2 is 2.45 bits per heavy atom. The highest BCUT2D eigenvalue weighted by molar-refractivity contribution is 6.30. The van der Waals surface area contributed by atoms with Crippen molar-refractivity contribution < 1.29 is 4.84 Å². The third kappa shape index (κ3) is 2.15. The van der Waals surface area contributed by atoms with E-state index in [1.54, 1.807) is 12.3 Å². The maximum Gasteiger partial charge on any atom is 0.0948 e. The summed E-state index contributed by atoms with van der Waals surface area (Å²) in [6.07, 6.45) is 1.59. The van der Waals surface area contributed by atoms with Gasteiger partial charge in [-0.2, -0.15) is 0 Å².